The molecule has 0 radical (unpaired) electrons. The highest BCUT2D eigenvalue weighted by molar-refractivity contribution is 5.16. The van der Waals surface area contributed by atoms with E-state index in [0.29, 0.717) is 5.54 Å². The Morgan fingerprint density at radius 2 is 2.27 bits per heavy atom. The Hall–Kier alpha value is -0.830. The van der Waals surface area contributed by atoms with E-state index in [1.165, 1.54) is 36.9 Å². The molecule has 0 unspecified atom stereocenters. The number of hydrogen-bond donors (Lipinski definition) is 1. The molecule has 1 saturated carbocycles. The SMILES string of the molecule is CCC1(NCc2cnn(C)c2C)CCC1. The van der Waals surface area contributed by atoms with Crippen molar-refractivity contribution in [3.63, 3.8) is 0 Å². The summed E-state index contributed by atoms with van der Waals surface area (Å²) < 4.78 is 1.94. The molecule has 1 aliphatic carbocycles. The van der Waals surface area contributed by atoms with Crippen molar-refractivity contribution in [2.75, 3.05) is 0 Å². The van der Waals surface area contributed by atoms with Gasteiger partial charge in [0.15, 0.2) is 0 Å². The molecule has 0 aliphatic heterocycles. The molecule has 0 bridgehead atoms. The van der Waals surface area contributed by atoms with Crippen LogP contribution in [0.25, 0.3) is 0 Å². The van der Waals surface area contributed by atoms with Gasteiger partial charge in [0.05, 0.1) is 6.20 Å². The van der Waals surface area contributed by atoms with Crippen LogP contribution < -0.4 is 5.32 Å². The molecule has 0 saturated heterocycles. The molecular weight excluding hydrogens is 186 g/mol. The van der Waals surface area contributed by atoms with Gasteiger partial charge in [-0.1, -0.05) is 6.92 Å². The van der Waals surface area contributed by atoms with E-state index >= 15 is 0 Å². The Kier molecular flexibility index (Phi) is 2.83. The van der Waals surface area contributed by atoms with Crippen LogP contribution in [-0.4, -0.2) is 15.3 Å². The van der Waals surface area contributed by atoms with Crippen LogP contribution in [0.2, 0.25) is 0 Å². The molecule has 1 aromatic rings. The highest BCUT2D eigenvalue weighted by Crippen LogP contribution is 2.34. The smallest absolute Gasteiger partial charge is 0.0537 e. The van der Waals surface area contributed by atoms with E-state index < -0.39 is 0 Å². The van der Waals surface area contributed by atoms with Crippen molar-refractivity contribution >= 4 is 0 Å². The third-order valence-electron chi connectivity index (χ3n) is 3.98. The van der Waals surface area contributed by atoms with Gasteiger partial charge >= 0.3 is 0 Å². The summed E-state index contributed by atoms with van der Waals surface area (Å²) in [6.45, 7) is 5.37. The van der Waals surface area contributed by atoms with Crippen molar-refractivity contribution in [2.45, 2.75) is 51.6 Å². The van der Waals surface area contributed by atoms with Crippen molar-refractivity contribution in [1.82, 2.24) is 15.1 Å². The lowest BCUT2D eigenvalue weighted by molar-refractivity contribution is 0.175. The van der Waals surface area contributed by atoms with E-state index in [1.807, 2.05) is 17.9 Å². The number of aryl methyl sites for hydroxylation is 1. The van der Waals surface area contributed by atoms with Gasteiger partial charge in [0.2, 0.25) is 0 Å². The molecule has 0 atom stereocenters. The topological polar surface area (TPSA) is 29.9 Å². The van der Waals surface area contributed by atoms with Gasteiger partial charge in [-0.2, -0.15) is 5.10 Å². The van der Waals surface area contributed by atoms with Crippen LogP contribution in [0.3, 0.4) is 0 Å². The van der Waals surface area contributed by atoms with E-state index in [2.05, 4.69) is 24.3 Å². The normalized spacial score (nSPS) is 18.9. The van der Waals surface area contributed by atoms with E-state index in [-0.39, 0.29) is 0 Å². The molecule has 0 aromatic carbocycles. The first-order valence-electron chi connectivity index (χ1n) is 5.89. The maximum Gasteiger partial charge on any atom is 0.0537 e. The summed E-state index contributed by atoms with van der Waals surface area (Å²) in [5.74, 6) is 0. The summed E-state index contributed by atoms with van der Waals surface area (Å²) in [6, 6.07) is 0. The largest absolute Gasteiger partial charge is 0.307 e. The standard InChI is InChI=1S/C12H21N3/c1-4-12(6-5-7-12)13-8-11-9-14-15(3)10(11)2/h9,13H,4-8H2,1-3H3. The van der Waals surface area contributed by atoms with Gasteiger partial charge in [0, 0.05) is 30.4 Å². The molecule has 0 amide bonds. The maximum atomic E-state index is 4.26. The third kappa shape index (κ3) is 1.93. The van der Waals surface area contributed by atoms with E-state index in [9.17, 15) is 0 Å². The van der Waals surface area contributed by atoms with Gasteiger partial charge in [-0.25, -0.2) is 0 Å². The summed E-state index contributed by atoms with van der Waals surface area (Å²) in [7, 11) is 2.00. The van der Waals surface area contributed by atoms with Crippen molar-refractivity contribution in [1.29, 1.82) is 0 Å². The molecule has 0 spiro atoms. The van der Waals surface area contributed by atoms with Crippen LogP contribution in [0, 0.1) is 6.92 Å². The number of rotatable bonds is 4. The quantitative estimate of drug-likeness (QED) is 0.820. The molecule has 1 N–H and O–H groups in total. The third-order valence-corrected chi connectivity index (χ3v) is 3.98. The van der Waals surface area contributed by atoms with Crippen molar-refractivity contribution < 1.29 is 0 Å². The molecule has 1 fully saturated rings. The Labute approximate surface area is 91.9 Å². The Morgan fingerprint density at radius 1 is 1.53 bits per heavy atom. The fourth-order valence-electron chi connectivity index (χ4n) is 2.26. The van der Waals surface area contributed by atoms with Crippen LogP contribution >= 0.6 is 0 Å². The predicted molar refractivity (Wildman–Crippen MR) is 61.7 cm³/mol. The first-order valence-corrected chi connectivity index (χ1v) is 5.89. The summed E-state index contributed by atoms with van der Waals surface area (Å²) in [4.78, 5) is 0. The number of aromatic nitrogens is 2. The second kappa shape index (κ2) is 3.97. The van der Waals surface area contributed by atoms with Gasteiger partial charge in [-0.15, -0.1) is 0 Å². The van der Waals surface area contributed by atoms with Crippen LogP contribution in [0.5, 0.6) is 0 Å². The van der Waals surface area contributed by atoms with Gasteiger partial charge in [-0.3, -0.25) is 4.68 Å². The second-order valence-corrected chi connectivity index (χ2v) is 4.72. The summed E-state index contributed by atoms with van der Waals surface area (Å²) >= 11 is 0. The average Bonchev–Trinajstić information content (AvgIpc) is 2.48. The Balaban J connectivity index is 1.95. The zero-order valence-electron chi connectivity index (χ0n) is 10.0. The van der Waals surface area contributed by atoms with Crippen LogP contribution in [-0.2, 0) is 13.6 Å². The average molecular weight is 207 g/mol. The summed E-state index contributed by atoms with van der Waals surface area (Å²) in [5, 5.41) is 7.96. The van der Waals surface area contributed by atoms with Gasteiger partial charge in [-0.05, 0) is 32.6 Å². The minimum atomic E-state index is 0.433. The van der Waals surface area contributed by atoms with Crippen LogP contribution in [0.4, 0.5) is 0 Å². The molecular formula is C12H21N3. The summed E-state index contributed by atoms with van der Waals surface area (Å²) in [5.41, 5.74) is 3.03. The lowest BCUT2D eigenvalue weighted by Crippen LogP contribution is -2.49. The zero-order chi connectivity index (χ0) is 10.9. The Morgan fingerprint density at radius 3 is 2.67 bits per heavy atom. The zero-order valence-corrected chi connectivity index (χ0v) is 10.0. The van der Waals surface area contributed by atoms with Crippen LogP contribution in [0.1, 0.15) is 43.9 Å². The molecule has 1 aliphatic rings. The molecule has 3 heteroatoms. The molecule has 1 aromatic heterocycles. The molecule has 2 rings (SSSR count). The molecule has 84 valence electrons. The maximum absolute atomic E-state index is 4.26. The molecule has 15 heavy (non-hydrogen) atoms. The number of nitrogens with one attached hydrogen (secondary N) is 1. The van der Waals surface area contributed by atoms with E-state index in [4.69, 9.17) is 0 Å². The van der Waals surface area contributed by atoms with Gasteiger partial charge < -0.3 is 5.32 Å². The van der Waals surface area contributed by atoms with E-state index in [1.54, 1.807) is 0 Å². The highest BCUT2D eigenvalue weighted by atomic mass is 15.3. The first-order chi connectivity index (χ1) is 7.17. The number of hydrogen-bond acceptors (Lipinski definition) is 2. The lowest BCUT2D eigenvalue weighted by Gasteiger charge is -2.42. The monoisotopic (exact) mass is 207 g/mol. The molecule has 1 heterocycles. The molecule has 3 nitrogen and oxygen atoms in total. The van der Waals surface area contributed by atoms with Crippen LogP contribution in [0.15, 0.2) is 6.20 Å². The Bertz CT molecular complexity index is 331. The minimum absolute atomic E-state index is 0.433. The minimum Gasteiger partial charge on any atom is -0.307 e. The number of nitrogens with zero attached hydrogens (tertiary/aromatic N) is 2. The van der Waals surface area contributed by atoms with Crippen molar-refractivity contribution in [3.8, 4) is 0 Å². The van der Waals surface area contributed by atoms with Crippen molar-refractivity contribution in [2.24, 2.45) is 7.05 Å². The van der Waals surface area contributed by atoms with Gasteiger partial charge in [0.1, 0.15) is 0 Å². The second-order valence-electron chi connectivity index (χ2n) is 4.72. The fraction of sp³-hybridized carbons (Fsp3) is 0.750. The highest BCUT2D eigenvalue weighted by Gasteiger charge is 2.34. The van der Waals surface area contributed by atoms with Crippen molar-refractivity contribution in [3.05, 3.63) is 17.5 Å². The summed E-state index contributed by atoms with van der Waals surface area (Å²) in [6.07, 6.45) is 7.27. The van der Waals surface area contributed by atoms with Gasteiger partial charge in [0.25, 0.3) is 0 Å². The predicted octanol–water partition coefficient (Wildman–Crippen LogP) is 2.15. The first kappa shape index (κ1) is 10.7. The van der Waals surface area contributed by atoms with E-state index in [0.717, 1.165) is 6.54 Å². The lowest BCUT2D eigenvalue weighted by atomic mass is 9.75. The fourth-order valence-corrected chi connectivity index (χ4v) is 2.26.